The van der Waals surface area contributed by atoms with Gasteiger partial charge in [-0.05, 0) is 60.7 Å². The Bertz CT molecular complexity index is 2240. The fraction of sp³-hybridized carbons (Fsp3) is 0.239. The molecule has 314 valence electrons. The van der Waals surface area contributed by atoms with Crippen LogP contribution in [0.25, 0.3) is 0 Å². The third kappa shape index (κ3) is 10.5. The normalized spacial score (nSPS) is 24.7. The number of esters is 5. The van der Waals surface area contributed by atoms with E-state index in [1.165, 1.54) is 60.7 Å². The van der Waals surface area contributed by atoms with Crippen LogP contribution in [-0.4, -0.2) is 109 Å². The number of aliphatic hydroxyl groups is 2. The Morgan fingerprint density at radius 3 is 1.25 bits per heavy atom. The molecular weight excluding hydrogens is 792 g/mol. The number of carbonyl (C=O) groups excluding carboxylic acids is 5. The summed E-state index contributed by atoms with van der Waals surface area (Å²) in [6.07, 6.45) is -15.5. The maximum atomic E-state index is 14.0. The van der Waals surface area contributed by atoms with Gasteiger partial charge in [0.05, 0.1) is 34.4 Å². The average molecular weight is 833 g/mol. The lowest BCUT2D eigenvalue weighted by molar-refractivity contribution is -0.342. The van der Waals surface area contributed by atoms with E-state index in [1.807, 2.05) is 0 Å². The third-order valence-electron chi connectivity index (χ3n) is 9.70. The molecule has 0 spiro atoms. The average Bonchev–Trinajstić information content (AvgIpc) is 3.30. The van der Waals surface area contributed by atoms with Gasteiger partial charge in [0.25, 0.3) is 0 Å². The summed E-state index contributed by atoms with van der Waals surface area (Å²) in [4.78, 5) is 68.3. The Morgan fingerprint density at radius 1 is 0.459 bits per heavy atom. The molecule has 2 heterocycles. The van der Waals surface area contributed by atoms with Gasteiger partial charge >= 0.3 is 29.8 Å². The molecule has 0 bridgehead atoms. The van der Waals surface area contributed by atoms with Crippen LogP contribution in [0.5, 0.6) is 0 Å². The molecule has 2 saturated heterocycles. The fourth-order valence-corrected chi connectivity index (χ4v) is 6.62. The number of ether oxygens (including phenoxy) is 8. The van der Waals surface area contributed by atoms with E-state index in [0.29, 0.717) is 0 Å². The smallest absolute Gasteiger partial charge is 0.338 e. The van der Waals surface area contributed by atoms with Crippen molar-refractivity contribution >= 4 is 29.8 Å². The minimum Gasteiger partial charge on any atom is -0.459 e. The van der Waals surface area contributed by atoms with E-state index in [4.69, 9.17) is 37.9 Å². The van der Waals surface area contributed by atoms with Crippen molar-refractivity contribution in [3.63, 3.8) is 0 Å². The first-order valence-corrected chi connectivity index (χ1v) is 19.2. The molecule has 0 aliphatic carbocycles. The lowest BCUT2D eigenvalue weighted by Gasteiger charge is -2.46. The molecule has 2 aliphatic rings. The van der Waals surface area contributed by atoms with Crippen LogP contribution in [0.2, 0.25) is 0 Å². The maximum absolute atomic E-state index is 14.0. The quantitative estimate of drug-likeness (QED) is 0.123. The van der Waals surface area contributed by atoms with Crippen molar-refractivity contribution in [2.24, 2.45) is 0 Å². The molecule has 0 unspecified atom stereocenters. The standard InChI is InChI=1S/C46H40O15/c47-33-26-54-45(53)38(59-43(51)31-22-12-4-13-23-31)35(33)61-46-39(60-44(52)32-24-14-5-15-25-32)37(58-42(50)30-20-10-3-11-21-30)36(57-41(49)29-18-8-2-9-19-29)34(56-46)27-55-40(48)28-16-6-1-7-17-28/h1-25,33-39,45-47,53H,26-27H2/t33-,34+,35-,36-,37-,38+,39+,45+,46-/m0/s1. The highest BCUT2D eigenvalue weighted by Gasteiger charge is 2.56. The van der Waals surface area contributed by atoms with Crippen LogP contribution in [0.15, 0.2) is 152 Å². The number of hydrogen-bond acceptors (Lipinski definition) is 15. The van der Waals surface area contributed by atoms with Crippen LogP contribution >= 0.6 is 0 Å². The van der Waals surface area contributed by atoms with E-state index in [0.717, 1.165) is 0 Å². The molecule has 61 heavy (non-hydrogen) atoms. The zero-order chi connectivity index (χ0) is 42.7. The molecule has 15 nitrogen and oxygen atoms in total. The Hall–Kier alpha value is -6.75. The van der Waals surface area contributed by atoms with E-state index in [1.54, 1.807) is 91.0 Å². The number of carbonyl (C=O) groups is 5. The molecule has 15 heteroatoms. The van der Waals surface area contributed by atoms with Crippen LogP contribution in [0.3, 0.4) is 0 Å². The van der Waals surface area contributed by atoms with Gasteiger partial charge in [0.1, 0.15) is 24.9 Å². The molecule has 2 N–H and O–H groups in total. The highest BCUT2D eigenvalue weighted by molar-refractivity contribution is 5.92. The number of benzene rings is 5. The lowest BCUT2D eigenvalue weighted by atomic mass is 9.97. The Kier molecular flexibility index (Phi) is 13.9. The van der Waals surface area contributed by atoms with Gasteiger partial charge in [0.15, 0.2) is 37.0 Å². The molecule has 0 saturated carbocycles. The summed E-state index contributed by atoms with van der Waals surface area (Å²) in [5.41, 5.74) is 0.494. The molecule has 0 aromatic heterocycles. The Labute approximate surface area is 349 Å². The Morgan fingerprint density at radius 2 is 0.820 bits per heavy atom. The van der Waals surface area contributed by atoms with Crippen LogP contribution in [0.1, 0.15) is 51.8 Å². The second kappa shape index (κ2) is 20.0. The topological polar surface area (TPSA) is 200 Å². The summed E-state index contributed by atoms with van der Waals surface area (Å²) in [5.74, 6) is -4.49. The largest absolute Gasteiger partial charge is 0.459 e. The summed E-state index contributed by atoms with van der Waals surface area (Å²) >= 11 is 0. The van der Waals surface area contributed by atoms with E-state index in [9.17, 15) is 34.2 Å². The van der Waals surface area contributed by atoms with Gasteiger partial charge in [-0.3, -0.25) is 0 Å². The summed E-state index contributed by atoms with van der Waals surface area (Å²) in [6.45, 7) is -1.15. The highest BCUT2D eigenvalue weighted by Crippen LogP contribution is 2.34. The minimum atomic E-state index is -1.88. The van der Waals surface area contributed by atoms with Crippen LogP contribution in [-0.2, 0) is 37.9 Å². The monoisotopic (exact) mass is 832 g/mol. The van der Waals surface area contributed by atoms with E-state index < -0.39 is 98.4 Å². The van der Waals surface area contributed by atoms with Crippen molar-refractivity contribution in [1.29, 1.82) is 0 Å². The molecule has 0 radical (unpaired) electrons. The molecule has 7 rings (SSSR count). The van der Waals surface area contributed by atoms with Crippen LogP contribution < -0.4 is 0 Å². The summed E-state index contributed by atoms with van der Waals surface area (Å²) in [5, 5.41) is 22.3. The number of hydrogen-bond donors (Lipinski definition) is 2. The molecule has 5 aromatic rings. The molecule has 5 aromatic carbocycles. The first kappa shape index (κ1) is 42.4. The van der Waals surface area contributed by atoms with Crippen LogP contribution in [0.4, 0.5) is 0 Å². The van der Waals surface area contributed by atoms with Gasteiger partial charge in [-0.1, -0.05) is 91.0 Å². The van der Waals surface area contributed by atoms with Gasteiger partial charge in [0, 0.05) is 0 Å². The lowest BCUT2D eigenvalue weighted by Crippen LogP contribution is -2.65. The van der Waals surface area contributed by atoms with E-state index in [2.05, 4.69) is 0 Å². The predicted octanol–water partition coefficient (Wildman–Crippen LogP) is 4.57. The second-order valence-electron chi connectivity index (χ2n) is 13.8. The van der Waals surface area contributed by atoms with E-state index in [-0.39, 0.29) is 27.8 Å². The first-order chi connectivity index (χ1) is 29.7. The third-order valence-corrected chi connectivity index (χ3v) is 9.70. The molecule has 9 atom stereocenters. The Balaban J connectivity index is 1.30. The van der Waals surface area contributed by atoms with Crippen molar-refractivity contribution in [1.82, 2.24) is 0 Å². The number of aliphatic hydroxyl groups excluding tert-OH is 2. The van der Waals surface area contributed by atoms with Crippen molar-refractivity contribution in [2.45, 2.75) is 55.3 Å². The first-order valence-electron chi connectivity index (χ1n) is 19.2. The molecule has 0 amide bonds. The van der Waals surface area contributed by atoms with Gasteiger partial charge in [0.2, 0.25) is 0 Å². The van der Waals surface area contributed by atoms with Gasteiger partial charge in [-0.25, -0.2) is 24.0 Å². The van der Waals surface area contributed by atoms with Gasteiger partial charge in [-0.15, -0.1) is 0 Å². The summed E-state index contributed by atoms with van der Waals surface area (Å²) in [7, 11) is 0. The molecular formula is C46H40O15. The highest BCUT2D eigenvalue weighted by atomic mass is 16.8. The second-order valence-corrected chi connectivity index (χ2v) is 13.8. The summed E-state index contributed by atoms with van der Waals surface area (Å²) in [6, 6.07) is 39.2. The van der Waals surface area contributed by atoms with Crippen molar-refractivity contribution < 1.29 is 72.1 Å². The minimum absolute atomic E-state index is 0.0577. The SMILES string of the molecule is O=C(OC[C@H]1O[C@@H](O[C@@H]2[C@@H](OC(=O)c3ccccc3)[C@H](O)OC[C@@H]2O)[C@H](OC(=O)c2ccccc2)[C@@H](OC(=O)c2ccccc2)[C@H]1OC(=O)c1ccccc1)c1ccccc1. The van der Waals surface area contributed by atoms with Gasteiger partial charge < -0.3 is 48.1 Å². The molecule has 2 aliphatic heterocycles. The van der Waals surface area contributed by atoms with Gasteiger partial charge in [-0.2, -0.15) is 0 Å². The maximum Gasteiger partial charge on any atom is 0.338 e. The van der Waals surface area contributed by atoms with Crippen LogP contribution in [0, 0.1) is 0 Å². The van der Waals surface area contributed by atoms with E-state index >= 15 is 0 Å². The fourth-order valence-electron chi connectivity index (χ4n) is 6.62. The van der Waals surface area contributed by atoms with Crippen molar-refractivity contribution in [2.75, 3.05) is 13.2 Å². The van der Waals surface area contributed by atoms with Crippen molar-refractivity contribution in [3.8, 4) is 0 Å². The molecule has 2 fully saturated rings. The summed E-state index contributed by atoms with van der Waals surface area (Å²) < 4.78 is 47.5. The number of rotatable bonds is 13. The zero-order valence-corrected chi connectivity index (χ0v) is 32.2. The zero-order valence-electron chi connectivity index (χ0n) is 32.2. The predicted molar refractivity (Wildman–Crippen MR) is 211 cm³/mol. The van der Waals surface area contributed by atoms with Crippen molar-refractivity contribution in [3.05, 3.63) is 179 Å².